The predicted octanol–water partition coefficient (Wildman–Crippen LogP) is 3.68. The largest absolute Gasteiger partial charge is 0.373 e. The Morgan fingerprint density at radius 3 is 2.65 bits per heavy atom. The molecule has 0 fully saturated rings. The number of aromatic nitrogens is 2. The van der Waals surface area contributed by atoms with Gasteiger partial charge in [0.05, 0.1) is 0 Å². The molecule has 0 radical (unpaired) electrons. The Hall–Kier alpha value is -1.90. The first-order valence-corrected chi connectivity index (χ1v) is 7.34. The lowest BCUT2D eigenvalue weighted by Crippen LogP contribution is -2.12. The Morgan fingerprint density at radius 1 is 1.05 bits per heavy atom. The minimum absolute atomic E-state index is 0.858. The number of nitrogens with one attached hydrogen (secondary N) is 1. The number of hydrogen-bond acceptors (Lipinski definition) is 3. The maximum Gasteiger partial charge on any atom is 0.162 e. The molecule has 1 aliphatic rings. The Balaban J connectivity index is 2.17. The second-order valence-corrected chi connectivity index (χ2v) is 5.60. The van der Waals surface area contributed by atoms with Gasteiger partial charge in [0.2, 0.25) is 0 Å². The monoisotopic (exact) mass is 267 g/mol. The van der Waals surface area contributed by atoms with Gasteiger partial charge in [0.15, 0.2) is 5.82 Å². The minimum Gasteiger partial charge on any atom is -0.373 e. The van der Waals surface area contributed by atoms with E-state index in [1.54, 1.807) is 0 Å². The highest BCUT2D eigenvalue weighted by molar-refractivity contribution is 5.64. The van der Waals surface area contributed by atoms with Gasteiger partial charge < -0.3 is 5.32 Å². The average Bonchev–Trinajstić information content (AvgIpc) is 2.48. The fourth-order valence-corrected chi connectivity index (χ4v) is 2.90. The van der Waals surface area contributed by atoms with Gasteiger partial charge in [-0.05, 0) is 51.2 Å². The van der Waals surface area contributed by atoms with Gasteiger partial charge in [0, 0.05) is 23.9 Å². The molecule has 3 nitrogen and oxygen atoms in total. The van der Waals surface area contributed by atoms with E-state index in [-0.39, 0.29) is 0 Å². The lowest BCUT2D eigenvalue weighted by atomic mass is 9.95. The van der Waals surface area contributed by atoms with Crippen molar-refractivity contribution in [2.24, 2.45) is 0 Å². The van der Waals surface area contributed by atoms with Gasteiger partial charge in [0.25, 0.3) is 0 Å². The van der Waals surface area contributed by atoms with Crippen molar-refractivity contribution < 1.29 is 0 Å². The van der Waals surface area contributed by atoms with E-state index < -0.39 is 0 Å². The van der Waals surface area contributed by atoms with Crippen LogP contribution in [-0.4, -0.2) is 17.0 Å². The molecule has 2 aromatic rings. The number of nitrogens with zero attached hydrogens (tertiary/aromatic N) is 2. The highest BCUT2D eigenvalue weighted by Gasteiger charge is 2.18. The van der Waals surface area contributed by atoms with E-state index in [0.29, 0.717) is 0 Å². The Kier molecular flexibility index (Phi) is 3.43. The highest BCUT2D eigenvalue weighted by Crippen LogP contribution is 2.29. The van der Waals surface area contributed by atoms with Gasteiger partial charge in [-0.25, -0.2) is 9.97 Å². The molecule has 0 atom stereocenters. The fraction of sp³-hybridized carbons (Fsp3) is 0.412. The van der Waals surface area contributed by atoms with E-state index >= 15 is 0 Å². The van der Waals surface area contributed by atoms with Crippen LogP contribution >= 0.6 is 0 Å². The molecule has 0 amide bonds. The summed E-state index contributed by atoms with van der Waals surface area (Å²) >= 11 is 0. The van der Waals surface area contributed by atoms with Gasteiger partial charge >= 0.3 is 0 Å². The maximum absolute atomic E-state index is 4.84. The molecule has 0 unspecified atom stereocenters. The summed E-state index contributed by atoms with van der Waals surface area (Å²) in [4.78, 5) is 9.60. The van der Waals surface area contributed by atoms with E-state index in [9.17, 15) is 0 Å². The minimum atomic E-state index is 0.858. The van der Waals surface area contributed by atoms with Gasteiger partial charge in [-0.3, -0.25) is 0 Å². The van der Waals surface area contributed by atoms with Crippen molar-refractivity contribution >= 4 is 5.82 Å². The average molecular weight is 267 g/mol. The molecule has 0 saturated carbocycles. The zero-order valence-electron chi connectivity index (χ0n) is 12.5. The van der Waals surface area contributed by atoms with Crippen molar-refractivity contribution in [2.45, 2.75) is 39.5 Å². The van der Waals surface area contributed by atoms with Crippen molar-refractivity contribution in [3.63, 3.8) is 0 Å². The number of benzene rings is 1. The van der Waals surface area contributed by atoms with E-state index in [1.807, 2.05) is 7.05 Å². The van der Waals surface area contributed by atoms with E-state index in [1.165, 1.54) is 35.2 Å². The molecular formula is C17H21N3. The lowest BCUT2D eigenvalue weighted by molar-refractivity contribution is 0.665. The van der Waals surface area contributed by atoms with Crippen LogP contribution in [0.1, 0.15) is 35.2 Å². The normalized spacial score (nSPS) is 13.9. The summed E-state index contributed by atoms with van der Waals surface area (Å²) in [6, 6.07) is 6.46. The van der Waals surface area contributed by atoms with Gasteiger partial charge in [-0.15, -0.1) is 0 Å². The number of anilines is 1. The van der Waals surface area contributed by atoms with Crippen molar-refractivity contribution in [1.82, 2.24) is 9.97 Å². The summed E-state index contributed by atoms with van der Waals surface area (Å²) in [7, 11) is 1.95. The second-order valence-electron chi connectivity index (χ2n) is 5.60. The summed E-state index contributed by atoms with van der Waals surface area (Å²) in [5.74, 6) is 1.86. The third-order valence-corrected chi connectivity index (χ3v) is 4.05. The molecule has 1 aliphatic carbocycles. The first-order valence-electron chi connectivity index (χ1n) is 7.34. The standard InChI is InChI=1S/C17H21N3/c1-11-8-9-12(2)14(10-11)17-19-15-7-5-4-6-13(15)16(18-3)20-17/h8-10H,4-7H2,1-3H3,(H,18,19,20). The van der Waals surface area contributed by atoms with Crippen LogP contribution in [0.2, 0.25) is 0 Å². The van der Waals surface area contributed by atoms with Crippen LogP contribution in [0.25, 0.3) is 11.4 Å². The molecule has 3 rings (SSSR count). The van der Waals surface area contributed by atoms with Crippen molar-refractivity contribution in [2.75, 3.05) is 12.4 Å². The van der Waals surface area contributed by atoms with Crippen LogP contribution in [0.5, 0.6) is 0 Å². The number of rotatable bonds is 2. The Morgan fingerprint density at radius 2 is 1.85 bits per heavy atom. The first kappa shape index (κ1) is 13.1. The van der Waals surface area contributed by atoms with Crippen LogP contribution in [-0.2, 0) is 12.8 Å². The van der Waals surface area contributed by atoms with Gasteiger partial charge in [0.1, 0.15) is 5.82 Å². The molecule has 20 heavy (non-hydrogen) atoms. The van der Waals surface area contributed by atoms with Crippen LogP contribution < -0.4 is 5.32 Å². The molecule has 0 aliphatic heterocycles. The molecule has 0 bridgehead atoms. The molecule has 0 spiro atoms. The smallest absolute Gasteiger partial charge is 0.162 e. The summed E-state index contributed by atoms with van der Waals surface area (Å²) < 4.78 is 0. The summed E-state index contributed by atoms with van der Waals surface area (Å²) in [5.41, 5.74) is 6.17. The summed E-state index contributed by atoms with van der Waals surface area (Å²) in [6.07, 6.45) is 4.65. The van der Waals surface area contributed by atoms with E-state index in [4.69, 9.17) is 9.97 Å². The topological polar surface area (TPSA) is 37.8 Å². The number of hydrogen-bond donors (Lipinski definition) is 1. The Bertz CT molecular complexity index is 630. The van der Waals surface area contributed by atoms with Crippen LogP contribution in [0, 0.1) is 13.8 Å². The summed E-state index contributed by atoms with van der Waals surface area (Å²) in [6.45, 7) is 4.23. The SMILES string of the molecule is CNc1nc(-c2cc(C)ccc2C)nc2c1CCCC2. The third-order valence-electron chi connectivity index (χ3n) is 4.05. The lowest BCUT2D eigenvalue weighted by Gasteiger charge is -2.19. The quantitative estimate of drug-likeness (QED) is 0.902. The third kappa shape index (κ3) is 2.28. The fourth-order valence-electron chi connectivity index (χ4n) is 2.90. The number of aryl methyl sites for hydroxylation is 3. The molecule has 3 heteroatoms. The Labute approximate surface area is 120 Å². The molecule has 1 aromatic heterocycles. The molecule has 0 saturated heterocycles. The summed E-state index contributed by atoms with van der Waals surface area (Å²) in [5, 5.41) is 3.25. The van der Waals surface area contributed by atoms with Crippen LogP contribution in [0.15, 0.2) is 18.2 Å². The molecule has 104 valence electrons. The van der Waals surface area contributed by atoms with Gasteiger partial charge in [-0.2, -0.15) is 0 Å². The zero-order valence-corrected chi connectivity index (χ0v) is 12.5. The van der Waals surface area contributed by atoms with Crippen molar-refractivity contribution in [3.8, 4) is 11.4 Å². The van der Waals surface area contributed by atoms with Crippen molar-refractivity contribution in [1.29, 1.82) is 0 Å². The van der Waals surface area contributed by atoms with E-state index in [0.717, 1.165) is 30.0 Å². The number of fused-ring (bicyclic) bond motifs is 1. The van der Waals surface area contributed by atoms with Crippen molar-refractivity contribution in [3.05, 3.63) is 40.6 Å². The predicted molar refractivity (Wildman–Crippen MR) is 83.1 cm³/mol. The van der Waals surface area contributed by atoms with Gasteiger partial charge in [-0.1, -0.05) is 17.7 Å². The van der Waals surface area contributed by atoms with Crippen LogP contribution in [0.3, 0.4) is 0 Å². The molecule has 1 aromatic carbocycles. The van der Waals surface area contributed by atoms with E-state index in [2.05, 4.69) is 37.4 Å². The molecule has 1 N–H and O–H groups in total. The maximum atomic E-state index is 4.84. The zero-order chi connectivity index (χ0) is 14.1. The first-order chi connectivity index (χ1) is 9.69. The molecular weight excluding hydrogens is 246 g/mol. The van der Waals surface area contributed by atoms with Crippen LogP contribution in [0.4, 0.5) is 5.82 Å². The second kappa shape index (κ2) is 5.23. The highest BCUT2D eigenvalue weighted by atomic mass is 15.0. The molecule has 1 heterocycles.